The van der Waals surface area contributed by atoms with Crippen molar-refractivity contribution in [3.63, 3.8) is 0 Å². The van der Waals surface area contributed by atoms with Crippen LogP contribution in [0.3, 0.4) is 0 Å². The van der Waals surface area contributed by atoms with Crippen LogP contribution in [0.1, 0.15) is 26.2 Å². The van der Waals surface area contributed by atoms with E-state index in [1.807, 2.05) is 6.20 Å². The number of hydrogen-bond donors (Lipinski definition) is 0. The Hall–Kier alpha value is -0.590. The van der Waals surface area contributed by atoms with Crippen molar-refractivity contribution < 1.29 is 0 Å². The van der Waals surface area contributed by atoms with Gasteiger partial charge in [-0.2, -0.15) is 0 Å². The molecule has 1 rings (SSSR count). The van der Waals surface area contributed by atoms with Crippen LogP contribution >= 0.6 is 0 Å². The third kappa shape index (κ3) is 2.00. The standard InChI is InChI=1S/C8H13N/c1-2-8-5-3-4-6-9-7-8/h4,6-8H,2-3,5H2,1H3/t8-/m1/s1. The Bertz CT molecular complexity index is 125. The lowest BCUT2D eigenvalue weighted by molar-refractivity contribution is 0.627. The van der Waals surface area contributed by atoms with Gasteiger partial charge >= 0.3 is 0 Å². The molecule has 0 aromatic heterocycles. The molecular weight excluding hydrogens is 110 g/mol. The Morgan fingerprint density at radius 3 is 3.33 bits per heavy atom. The maximum Gasteiger partial charge on any atom is 0.0224 e. The van der Waals surface area contributed by atoms with Crippen molar-refractivity contribution in [3.8, 4) is 0 Å². The van der Waals surface area contributed by atoms with Crippen LogP contribution in [0.15, 0.2) is 17.3 Å². The minimum absolute atomic E-state index is 0.722. The summed E-state index contributed by atoms with van der Waals surface area (Å²) in [5, 5.41) is 0. The van der Waals surface area contributed by atoms with E-state index in [0.717, 1.165) is 5.92 Å². The molecule has 0 aliphatic carbocycles. The molecule has 0 aromatic carbocycles. The van der Waals surface area contributed by atoms with E-state index in [1.165, 1.54) is 19.3 Å². The zero-order chi connectivity index (χ0) is 6.53. The highest BCUT2D eigenvalue weighted by Gasteiger charge is 2.01. The third-order valence-electron chi connectivity index (χ3n) is 1.72. The van der Waals surface area contributed by atoms with Gasteiger partial charge in [-0.15, -0.1) is 0 Å². The van der Waals surface area contributed by atoms with Crippen molar-refractivity contribution in [1.82, 2.24) is 0 Å². The summed E-state index contributed by atoms with van der Waals surface area (Å²) in [5.41, 5.74) is 0. The van der Waals surface area contributed by atoms with Gasteiger partial charge in [0, 0.05) is 12.4 Å². The highest BCUT2D eigenvalue weighted by Crippen LogP contribution is 2.11. The van der Waals surface area contributed by atoms with E-state index in [0.29, 0.717) is 0 Å². The van der Waals surface area contributed by atoms with Gasteiger partial charge in [0.2, 0.25) is 0 Å². The van der Waals surface area contributed by atoms with E-state index in [1.54, 1.807) is 0 Å². The van der Waals surface area contributed by atoms with Gasteiger partial charge in [0.25, 0.3) is 0 Å². The molecule has 0 spiro atoms. The lowest BCUT2D eigenvalue weighted by Crippen LogP contribution is -1.97. The fraction of sp³-hybridized carbons (Fsp3) is 0.625. The molecule has 1 nitrogen and oxygen atoms in total. The van der Waals surface area contributed by atoms with Crippen molar-refractivity contribution in [1.29, 1.82) is 0 Å². The van der Waals surface area contributed by atoms with Gasteiger partial charge in [0.15, 0.2) is 0 Å². The summed E-state index contributed by atoms with van der Waals surface area (Å²) in [4.78, 5) is 4.12. The van der Waals surface area contributed by atoms with E-state index < -0.39 is 0 Å². The minimum atomic E-state index is 0.722. The van der Waals surface area contributed by atoms with Crippen LogP contribution in [-0.2, 0) is 0 Å². The number of allylic oxidation sites excluding steroid dienone is 1. The average molecular weight is 123 g/mol. The minimum Gasteiger partial charge on any atom is -0.269 e. The van der Waals surface area contributed by atoms with Crippen molar-refractivity contribution in [2.75, 3.05) is 0 Å². The van der Waals surface area contributed by atoms with Crippen LogP contribution in [0, 0.1) is 5.92 Å². The molecule has 50 valence electrons. The molecular formula is C8H13N. The van der Waals surface area contributed by atoms with Gasteiger partial charge in [0.1, 0.15) is 0 Å². The summed E-state index contributed by atoms with van der Waals surface area (Å²) in [6.07, 6.45) is 9.78. The van der Waals surface area contributed by atoms with Gasteiger partial charge in [0.05, 0.1) is 0 Å². The second-order valence-electron chi connectivity index (χ2n) is 2.43. The smallest absolute Gasteiger partial charge is 0.0224 e. The Morgan fingerprint density at radius 2 is 2.56 bits per heavy atom. The average Bonchev–Trinajstić information content (AvgIpc) is 2.13. The van der Waals surface area contributed by atoms with Crippen LogP contribution in [0.4, 0.5) is 0 Å². The van der Waals surface area contributed by atoms with Crippen LogP contribution < -0.4 is 0 Å². The quantitative estimate of drug-likeness (QED) is 0.507. The van der Waals surface area contributed by atoms with Gasteiger partial charge in [-0.05, 0) is 25.2 Å². The molecule has 1 heterocycles. The molecule has 1 heteroatoms. The first-order valence-electron chi connectivity index (χ1n) is 3.61. The first kappa shape index (κ1) is 6.53. The topological polar surface area (TPSA) is 12.4 Å². The molecule has 0 unspecified atom stereocenters. The first-order valence-corrected chi connectivity index (χ1v) is 3.61. The Labute approximate surface area is 56.5 Å². The maximum absolute atomic E-state index is 4.12. The molecule has 0 N–H and O–H groups in total. The second-order valence-corrected chi connectivity index (χ2v) is 2.43. The summed E-state index contributed by atoms with van der Waals surface area (Å²) in [6.45, 7) is 2.21. The van der Waals surface area contributed by atoms with E-state index in [9.17, 15) is 0 Å². The molecule has 0 bridgehead atoms. The van der Waals surface area contributed by atoms with Crippen LogP contribution in [0.25, 0.3) is 0 Å². The summed E-state index contributed by atoms with van der Waals surface area (Å²) in [6, 6.07) is 0. The highest BCUT2D eigenvalue weighted by atomic mass is 14.7. The fourth-order valence-electron chi connectivity index (χ4n) is 1.00. The number of aliphatic imine (C=N–C) groups is 1. The highest BCUT2D eigenvalue weighted by molar-refractivity contribution is 5.61. The van der Waals surface area contributed by atoms with Crippen molar-refractivity contribution in [2.45, 2.75) is 26.2 Å². The predicted octanol–water partition coefficient (Wildman–Crippen LogP) is 2.39. The molecule has 1 aliphatic rings. The summed E-state index contributed by atoms with van der Waals surface area (Å²) in [5.74, 6) is 0.722. The number of hydrogen-bond acceptors (Lipinski definition) is 1. The lowest BCUT2D eigenvalue weighted by atomic mass is 10.0. The molecule has 0 saturated carbocycles. The molecule has 1 aliphatic heterocycles. The second kappa shape index (κ2) is 3.44. The predicted molar refractivity (Wildman–Crippen MR) is 40.6 cm³/mol. The molecule has 0 fully saturated rings. The van der Waals surface area contributed by atoms with E-state index in [-0.39, 0.29) is 0 Å². The van der Waals surface area contributed by atoms with Crippen molar-refractivity contribution in [2.24, 2.45) is 10.9 Å². The monoisotopic (exact) mass is 123 g/mol. The van der Waals surface area contributed by atoms with Gasteiger partial charge < -0.3 is 0 Å². The Balaban J connectivity index is 2.41. The number of nitrogens with zero attached hydrogens (tertiary/aromatic N) is 1. The van der Waals surface area contributed by atoms with Gasteiger partial charge in [-0.25, -0.2) is 0 Å². The largest absolute Gasteiger partial charge is 0.269 e. The zero-order valence-electron chi connectivity index (χ0n) is 5.88. The zero-order valence-corrected chi connectivity index (χ0v) is 5.88. The van der Waals surface area contributed by atoms with Crippen molar-refractivity contribution in [3.05, 3.63) is 12.3 Å². The molecule has 0 radical (unpaired) electrons. The molecule has 1 atom stereocenters. The Kier molecular flexibility index (Phi) is 2.49. The van der Waals surface area contributed by atoms with E-state index >= 15 is 0 Å². The Morgan fingerprint density at radius 1 is 1.67 bits per heavy atom. The molecule has 9 heavy (non-hydrogen) atoms. The van der Waals surface area contributed by atoms with Crippen LogP contribution in [0.2, 0.25) is 0 Å². The number of rotatable bonds is 1. The molecule has 0 aromatic rings. The normalized spacial score (nSPS) is 26.1. The molecule has 0 saturated heterocycles. The molecule has 0 amide bonds. The van der Waals surface area contributed by atoms with Gasteiger partial charge in [-0.3, -0.25) is 4.99 Å². The van der Waals surface area contributed by atoms with Crippen molar-refractivity contribution >= 4 is 6.21 Å². The van der Waals surface area contributed by atoms with Crippen LogP contribution in [0.5, 0.6) is 0 Å². The van der Waals surface area contributed by atoms with E-state index in [2.05, 4.69) is 24.2 Å². The SMILES string of the molecule is CC[C@H]1C=NC=CCC1. The summed E-state index contributed by atoms with van der Waals surface area (Å²) in [7, 11) is 0. The van der Waals surface area contributed by atoms with E-state index in [4.69, 9.17) is 0 Å². The summed E-state index contributed by atoms with van der Waals surface area (Å²) >= 11 is 0. The first-order chi connectivity index (χ1) is 4.43. The van der Waals surface area contributed by atoms with Gasteiger partial charge in [-0.1, -0.05) is 13.0 Å². The maximum atomic E-state index is 4.12. The van der Waals surface area contributed by atoms with Crippen LogP contribution in [-0.4, -0.2) is 6.21 Å². The summed E-state index contributed by atoms with van der Waals surface area (Å²) < 4.78 is 0. The third-order valence-corrected chi connectivity index (χ3v) is 1.72. The fourth-order valence-corrected chi connectivity index (χ4v) is 1.00. The lowest BCUT2D eigenvalue weighted by Gasteiger charge is -2.02.